The van der Waals surface area contributed by atoms with Gasteiger partial charge in [-0.05, 0) is 54.1 Å². The van der Waals surface area contributed by atoms with E-state index >= 15 is 0 Å². The number of benzene rings is 2. The molecule has 0 bridgehead atoms. The molecular weight excluding hydrogens is 405 g/mol. The zero-order valence-electron chi connectivity index (χ0n) is 17.2. The zero-order valence-corrected chi connectivity index (χ0v) is 17.2. The van der Waals surface area contributed by atoms with Crippen LogP contribution >= 0.6 is 0 Å². The second-order valence-corrected chi connectivity index (χ2v) is 7.61. The number of carbonyl (C=O) groups is 1. The maximum absolute atomic E-state index is 13.4. The van der Waals surface area contributed by atoms with E-state index in [4.69, 9.17) is 4.74 Å². The van der Waals surface area contributed by atoms with Crippen LogP contribution in [0.2, 0.25) is 0 Å². The quantitative estimate of drug-likeness (QED) is 0.513. The summed E-state index contributed by atoms with van der Waals surface area (Å²) < 4.78 is 19.2. The molecule has 5 nitrogen and oxygen atoms in total. The lowest BCUT2D eigenvalue weighted by atomic mass is 9.80. The number of halogens is 1. The van der Waals surface area contributed by atoms with Crippen LogP contribution in [0.4, 0.5) is 4.39 Å². The van der Waals surface area contributed by atoms with Gasteiger partial charge in [0.15, 0.2) is 0 Å². The van der Waals surface area contributed by atoms with Crippen molar-refractivity contribution in [2.45, 2.75) is 12.0 Å². The Bertz CT molecular complexity index is 1240. The molecule has 1 aliphatic heterocycles. The maximum atomic E-state index is 13.4. The first kappa shape index (κ1) is 19.9. The van der Waals surface area contributed by atoms with Crippen molar-refractivity contribution < 1.29 is 13.9 Å². The number of amides is 1. The van der Waals surface area contributed by atoms with Crippen molar-refractivity contribution in [3.8, 4) is 17.0 Å². The van der Waals surface area contributed by atoms with Crippen molar-refractivity contribution >= 4 is 5.91 Å². The van der Waals surface area contributed by atoms with Gasteiger partial charge in [0.2, 0.25) is 0 Å². The van der Waals surface area contributed by atoms with Crippen LogP contribution in [0.5, 0.6) is 5.75 Å². The van der Waals surface area contributed by atoms with Crippen LogP contribution in [-0.2, 0) is 5.54 Å². The number of pyridine rings is 2. The van der Waals surface area contributed by atoms with Crippen molar-refractivity contribution in [3.63, 3.8) is 0 Å². The first-order chi connectivity index (χ1) is 15.7. The van der Waals surface area contributed by atoms with Crippen LogP contribution < -0.4 is 10.1 Å². The molecule has 2 aromatic heterocycles. The van der Waals surface area contributed by atoms with Crippen LogP contribution in [0.1, 0.15) is 28.0 Å². The van der Waals surface area contributed by atoms with Gasteiger partial charge in [0.05, 0.1) is 12.3 Å². The third-order valence-corrected chi connectivity index (χ3v) is 5.68. The van der Waals surface area contributed by atoms with Crippen molar-refractivity contribution in [2.24, 2.45) is 0 Å². The Hall–Kier alpha value is -4.06. The molecule has 5 rings (SSSR count). The fraction of sp³-hybridized carbons (Fsp3) is 0.115. The van der Waals surface area contributed by atoms with Gasteiger partial charge in [-0.2, -0.15) is 0 Å². The van der Waals surface area contributed by atoms with Gasteiger partial charge in [0, 0.05) is 29.9 Å². The molecule has 2 aromatic carbocycles. The number of carbonyl (C=O) groups excluding carboxylic acids is 1. The third-order valence-electron chi connectivity index (χ3n) is 5.68. The lowest BCUT2D eigenvalue weighted by Crippen LogP contribution is -2.50. The molecule has 0 unspecified atom stereocenters. The molecule has 0 saturated carbocycles. The molecule has 3 heterocycles. The molecule has 1 aliphatic rings. The fourth-order valence-electron chi connectivity index (χ4n) is 4.06. The van der Waals surface area contributed by atoms with Crippen molar-refractivity contribution in [3.05, 3.63) is 114 Å². The minimum atomic E-state index is -0.886. The number of nitrogens with zero attached hydrogens (tertiary/aromatic N) is 2. The van der Waals surface area contributed by atoms with Gasteiger partial charge < -0.3 is 10.1 Å². The van der Waals surface area contributed by atoms with Crippen molar-refractivity contribution in [1.29, 1.82) is 0 Å². The highest BCUT2D eigenvalue weighted by Crippen LogP contribution is 2.41. The molecule has 158 valence electrons. The highest BCUT2D eigenvalue weighted by Gasteiger charge is 2.42. The summed E-state index contributed by atoms with van der Waals surface area (Å²) in [5.41, 5.74) is 2.86. The maximum Gasteiger partial charge on any atom is 0.252 e. The predicted octanol–water partition coefficient (Wildman–Crippen LogP) is 4.74. The molecule has 0 fully saturated rings. The van der Waals surface area contributed by atoms with E-state index in [2.05, 4.69) is 15.3 Å². The van der Waals surface area contributed by atoms with Crippen LogP contribution in [0.25, 0.3) is 11.3 Å². The first-order valence-corrected chi connectivity index (χ1v) is 10.3. The zero-order chi connectivity index (χ0) is 22.0. The second-order valence-electron chi connectivity index (χ2n) is 7.61. The number of fused-ring (bicyclic) bond motifs is 1. The summed E-state index contributed by atoms with van der Waals surface area (Å²) in [6.45, 7) is 0.421. The molecule has 4 aromatic rings. The fourth-order valence-corrected chi connectivity index (χ4v) is 4.06. The van der Waals surface area contributed by atoms with Crippen molar-refractivity contribution in [2.75, 3.05) is 6.61 Å². The molecule has 32 heavy (non-hydrogen) atoms. The molecule has 1 atom stereocenters. The number of ether oxygens (including phenoxy) is 1. The highest BCUT2D eigenvalue weighted by molar-refractivity contribution is 5.95. The lowest BCUT2D eigenvalue weighted by molar-refractivity contribution is 0.0883. The van der Waals surface area contributed by atoms with Crippen molar-refractivity contribution in [1.82, 2.24) is 15.3 Å². The van der Waals surface area contributed by atoms with Crippen LogP contribution in [0, 0.1) is 5.82 Å². The standard InChI is InChI=1S/C26H20FN3O2/c27-21-12-8-19(9-13-21)25(31)30-26(14-17-32-23-5-3-16-29-24(23)26)20-10-6-18(7-11-20)22-4-1-2-15-28-22/h1-13,15-16H,14,17H2,(H,30,31)/t26-/m0/s1. The Morgan fingerprint density at radius 3 is 2.44 bits per heavy atom. The van der Waals surface area contributed by atoms with Gasteiger partial charge in [-0.1, -0.05) is 30.3 Å². The molecule has 0 radical (unpaired) electrons. The minimum absolute atomic E-state index is 0.308. The monoisotopic (exact) mass is 425 g/mol. The number of aromatic nitrogens is 2. The van der Waals surface area contributed by atoms with E-state index in [1.807, 2.05) is 48.5 Å². The number of hydrogen-bond acceptors (Lipinski definition) is 4. The third kappa shape index (κ3) is 3.60. The van der Waals surface area contributed by atoms with Crippen LogP contribution in [-0.4, -0.2) is 22.5 Å². The molecular formula is C26H20FN3O2. The van der Waals surface area contributed by atoms with Crippen LogP contribution in [0.15, 0.2) is 91.3 Å². The summed E-state index contributed by atoms with van der Waals surface area (Å²) in [6.07, 6.45) is 3.95. The van der Waals surface area contributed by atoms with Gasteiger partial charge in [0.25, 0.3) is 5.91 Å². The topological polar surface area (TPSA) is 64.1 Å². The van der Waals surface area contributed by atoms with E-state index in [0.717, 1.165) is 16.8 Å². The molecule has 1 N–H and O–H groups in total. The van der Waals surface area contributed by atoms with Crippen LogP contribution in [0.3, 0.4) is 0 Å². The Morgan fingerprint density at radius 1 is 0.906 bits per heavy atom. The minimum Gasteiger partial charge on any atom is -0.491 e. The SMILES string of the molecule is O=C(N[C@]1(c2ccc(-c3ccccn3)cc2)CCOc2cccnc21)c1ccc(F)cc1. The average Bonchev–Trinajstić information content (AvgIpc) is 2.85. The number of nitrogens with one attached hydrogen (secondary N) is 1. The molecule has 0 saturated heterocycles. The summed E-state index contributed by atoms with van der Waals surface area (Å²) in [5, 5.41) is 3.18. The van der Waals surface area contributed by atoms with E-state index in [1.54, 1.807) is 18.5 Å². The van der Waals surface area contributed by atoms with E-state index in [9.17, 15) is 9.18 Å². The molecule has 0 aliphatic carbocycles. The predicted molar refractivity (Wildman–Crippen MR) is 119 cm³/mol. The largest absolute Gasteiger partial charge is 0.491 e. The van der Waals surface area contributed by atoms with E-state index in [-0.39, 0.29) is 11.7 Å². The highest BCUT2D eigenvalue weighted by atomic mass is 19.1. The summed E-state index contributed by atoms with van der Waals surface area (Å²) in [6, 6.07) is 22.9. The van der Waals surface area contributed by atoms with Gasteiger partial charge in [0.1, 0.15) is 22.8 Å². The van der Waals surface area contributed by atoms with E-state index in [1.165, 1.54) is 24.3 Å². The number of hydrogen-bond donors (Lipinski definition) is 1. The molecule has 6 heteroatoms. The van der Waals surface area contributed by atoms with E-state index < -0.39 is 5.54 Å². The van der Waals surface area contributed by atoms with Gasteiger partial charge >= 0.3 is 0 Å². The lowest BCUT2D eigenvalue weighted by Gasteiger charge is -2.39. The van der Waals surface area contributed by atoms with Gasteiger partial charge in [-0.3, -0.25) is 14.8 Å². The molecule has 0 spiro atoms. The van der Waals surface area contributed by atoms with Gasteiger partial charge in [-0.15, -0.1) is 0 Å². The normalized spacial score (nSPS) is 17.2. The smallest absolute Gasteiger partial charge is 0.252 e. The Labute approximate surface area is 184 Å². The molecule has 1 amide bonds. The van der Waals surface area contributed by atoms with E-state index in [0.29, 0.717) is 30.0 Å². The number of rotatable bonds is 4. The summed E-state index contributed by atoms with van der Waals surface area (Å²) in [4.78, 5) is 22.2. The Morgan fingerprint density at radius 2 is 1.69 bits per heavy atom. The summed E-state index contributed by atoms with van der Waals surface area (Å²) >= 11 is 0. The summed E-state index contributed by atoms with van der Waals surface area (Å²) in [5.74, 6) is -0.0660. The second kappa shape index (κ2) is 8.23. The summed E-state index contributed by atoms with van der Waals surface area (Å²) in [7, 11) is 0. The average molecular weight is 425 g/mol. The Balaban J connectivity index is 1.58. The van der Waals surface area contributed by atoms with Gasteiger partial charge in [-0.25, -0.2) is 4.39 Å². The first-order valence-electron chi connectivity index (χ1n) is 10.3. The Kier molecular flexibility index (Phi) is 5.11.